The number of hydrogen-bond acceptors (Lipinski definition) is 2. The number of aromatic hydroxyl groups is 1. The summed E-state index contributed by atoms with van der Waals surface area (Å²) >= 11 is 0. The summed E-state index contributed by atoms with van der Waals surface area (Å²) in [5.74, 6) is 0.296. The molecule has 0 bridgehead atoms. The van der Waals surface area contributed by atoms with Crippen molar-refractivity contribution in [2.24, 2.45) is 0 Å². The lowest BCUT2D eigenvalue weighted by atomic mass is 9.97. The number of aliphatic hydroxyl groups is 1. The number of hydrogen-bond donors (Lipinski definition) is 2. The van der Waals surface area contributed by atoms with Crippen molar-refractivity contribution >= 4 is 0 Å². The standard InChI is InChI=1S/C18H20O2/c1-14(6-7-15-8-10-18(20)11-9-15)12-16-4-2-3-5-17(16)13-19/h2-5,8-11,19-20H,1,6-7,12-13H2. The molecule has 0 aliphatic heterocycles. The second-order valence-electron chi connectivity index (χ2n) is 5.02. The van der Waals surface area contributed by atoms with E-state index in [0.29, 0.717) is 5.75 Å². The molecule has 0 aromatic heterocycles. The highest BCUT2D eigenvalue weighted by Crippen LogP contribution is 2.18. The predicted octanol–water partition coefficient (Wildman–Crippen LogP) is 3.62. The molecule has 0 saturated carbocycles. The van der Waals surface area contributed by atoms with Crippen molar-refractivity contribution in [1.29, 1.82) is 0 Å². The lowest BCUT2D eigenvalue weighted by molar-refractivity contribution is 0.281. The molecule has 20 heavy (non-hydrogen) atoms. The fourth-order valence-electron chi connectivity index (χ4n) is 2.23. The number of allylic oxidation sites excluding steroid dienone is 1. The Kier molecular flexibility index (Phi) is 4.97. The van der Waals surface area contributed by atoms with E-state index in [1.807, 2.05) is 36.4 Å². The summed E-state index contributed by atoms with van der Waals surface area (Å²) in [5, 5.41) is 18.6. The molecule has 2 rings (SSSR count). The summed E-state index contributed by atoms with van der Waals surface area (Å²) in [6.07, 6.45) is 2.62. The highest BCUT2D eigenvalue weighted by Gasteiger charge is 2.03. The molecule has 2 heteroatoms. The number of rotatable bonds is 6. The van der Waals surface area contributed by atoms with Gasteiger partial charge in [0, 0.05) is 0 Å². The SMILES string of the molecule is C=C(CCc1ccc(O)cc1)Cc1ccccc1CO. The third-order valence-corrected chi connectivity index (χ3v) is 3.43. The van der Waals surface area contributed by atoms with Gasteiger partial charge in [0.2, 0.25) is 0 Å². The van der Waals surface area contributed by atoms with Crippen molar-refractivity contribution in [3.8, 4) is 5.75 Å². The minimum Gasteiger partial charge on any atom is -0.508 e. The third-order valence-electron chi connectivity index (χ3n) is 3.43. The van der Waals surface area contributed by atoms with Gasteiger partial charge in [0.25, 0.3) is 0 Å². The molecule has 2 nitrogen and oxygen atoms in total. The molecule has 0 fully saturated rings. The second kappa shape index (κ2) is 6.92. The number of phenols is 1. The average molecular weight is 268 g/mol. The summed E-state index contributed by atoms with van der Waals surface area (Å²) in [5.41, 5.74) is 4.46. The fraction of sp³-hybridized carbons (Fsp3) is 0.222. The van der Waals surface area contributed by atoms with Crippen molar-refractivity contribution in [3.05, 3.63) is 77.4 Å². The molecule has 2 N–H and O–H groups in total. The maximum atomic E-state index is 9.31. The van der Waals surface area contributed by atoms with Crippen LogP contribution in [0.5, 0.6) is 5.75 Å². The first-order valence-corrected chi connectivity index (χ1v) is 6.81. The molecular weight excluding hydrogens is 248 g/mol. The second-order valence-corrected chi connectivity index (χ2v) is 5.02. The molecule has 0 atom stereocenters. The topological polar surface area (TPSA) is 40.5 Å². The van der Waals surface area contributed by atoms with Gasteiger partial charge in [-0.3, -0.25) is 0 Å². The van der Waals surface area contributed by atoms with Gasteiger partial charge in [0.1, 0.15) is 5.75 Å². The van der Waals surface area contributed by atoms with Gasteiger partial charge in [0.15, 0.2) is 0 Å². The molecule has 0 saturated heterocycles. The van der Waals surface area contributed by atoms with Crippen LogP contribution in [0.15, 0.2) is 60.7 Å². The molecule has 2 aromatic carbocycles. The lowest BCUT2D eigenvalue weighted by Gasteiger charge is -2.10. The van der Waals surface area contributed by atoms with Gasteiger partial charge >= 0.3 is 0 Å². The van der Waals surface area contributed by atoms with Crippen LogP contribution in [0.1, 0.15) is 23.1 Å². The van der Waals surface area contributed by atoms with Gasteiger partial charge in [-0.05, 0) is 48.1 Å². The molecule has 0 spiro atoms. The zero-order valence-corrected chi connectivity index (χ0v) is 11.5. The van der Waals surface area contributed by atoms with Gasteiger partial charge in [-0.2, -0.15) is 0 Å². The third kappa shape index (κ3) is 3.97. The summed E-state index contributed by atoms with van der Waals surface area (Å²) in [6.45, 7) is 4.20. The van der Waals surface area contributed by atoms with Crippen LogP contribution in [0.3, 0.4) is 0 Å². The smallest absolute Gasteiger partial charge is 0.115 e. The summed E-state index contributed by atoms with van der Waals surface area (Å²) in [6, 6.07) is 15.2. The fourth-order valence-corrected chi connectivity index (χ4v) is 2.23. The Balaban J connectivity index is 1.91. The van der Waals surface area contributed by atoms with Crippen LogP contribution in [0.25, 0.3) is 0 Å². The molecule has 0 amide bonds. The molecule has 0 aliphatic rings. The van der Waals surface area contributed by atoms with Crippen molar-refractivity contribution in [3.63, 3.8) is 0 Å². The first-order valence-electron chi connectivity index (χ1n) is 6.81. The summed E-state index contributed by atoms with van der Waals surface area (Å²) in [7, 11) is 0. The first kappa shape index (κ1) is 14.4. The monoisotopic (exact) mass is 268 g/mol. The van der Waals surface area contributed by atoms with Crippen LogP contribution in [-0.4, -0.2) is 10.2 Å². The number of aliphatic hydroxyl groups excluding tert-OH is 1. The maximum absolute atomic E-state index is 9.31. The van der Waals surface area contributed by atoms with E-state index >= 15 is 0 Å². The van der Waals surface area contributed by atoms with Crippen LogP contribution in [0.4, 0.5) is 0 Å². The highest BCUT2D eigenvalue weighted by molar-refractivity contribution is 5.31. The molecular formula is C18H20O2. The molecule has 0 aliphatic carbocycles. The van der Waals surface area contributed by atoms with E-state index in [4.69, 9.17) is 0 Å². The Labute approximate surface area is 120 Å². The van der Waals surface area contributed by atoms with Gasteiger partial charge in [-0.25, -0.2) is 0 Å². The Morgan fingerprint density at radius 3 is 2.25 bits per heavy atom. The van der Waals surface area contributed by atoms with Crippen molar-refractivity contribution in [2.75, 3.05) is 0 Å². The van der Waals surface area contributed by atoms with E-state index in [1.165, 1.54) is 5.56 Å². The van der Waals surface area contributed by atoms with Crippen LogP contribution in [-0.2, 0) is 19.4 Å². The zero-order valence-electron chi connectivity index (χ0n) is 11.5. The van der Waals surface area contributed by atoms with Gasteiger partial charge in [0.05, 0.1) is 6.61 Å². The Bertz CT molecular complexity index is 570. The van der Waals surface area contributed by atoms with Crippen LogP contribution < -0.4 is 0 Å². The van der Waals surface area contributed by atoms with E-state index < -0.39 is 0 Å². The van der Waals surface area contributed by atoms with Gasteiger partial charge in [-0.1, -0.05) is 48.6 Å². The molecule has 0 radical (unpaired) electrons. The summed E-state index contributed by atoms with van der Waals surface area (Å²) in [4.78, 5) is 0. The molecule has 0 unspecified atom stereocenters. The quantitative estimate of drug-likeness (QED) is 0.786. The largest absolute Gasteiger partial charge is 0.508 e. The van der Waals surface area contributed by atoms with Gasteiger partial charge in [-0.15, -0.1) is 0 Å². The summed E-state index contributed by atoms with van der Waals surface area (Å²) < 4.78 is 0. The molecule has 2 aromatic rings. The van der Waals surface area contributed by atoms with E-state index in [9.17, 15) is 10.2 Å². The van der Waals surface area contributed by atoms with Crippen LogP contribution in [0, 0.1) is 0 Å². The Morgan fingerprint density at radius 1 is 0.950 bits per heavy atom. The van der Waals surface area contributed by atoms with E-state index in [-0.39, 0.29) is 6.61 Å². The molecule has 104 valence electrons. The first-order chi connectivity index (χ1) is 9.69. The van der Waals surface area contributed by atoms with Crippen molar-refractivity contribution in [2.45, 2.75) is 25.9 Å². The Hall–Kier alpha value is -2.06. The minimum absolute atomic E-state index is 0.0708. The lowest BCUT2D eigenvalue weighted by Crippen LogP contribution is -1.97. The van der Waals surface area contributed by atoms with Crippen molar-refractivity contribution in [1.82, 2.24) is 0 Å². The number of aryl methyl sites for hydroxylation is 1. The highest BCUT2D eigenvalue weighted by atomic mass is 16.3. The van der Waals surface area contributed by atoms with Gasteiger partial charge < -0.3 is 10.2 Å². The number of phenolic OH excluding ortho intramolecular Hbond substituents is 1. The minimum atomic E-state index is 0.0708. The van der Waals surface area contributed by atoms with E-state index in [2.05, 4.69) is 6.58 Å². The van der Waals surface area contributed by atoms with E-state index in [0.717, 1.165) is 36.0 Å². The molecule has 0 heterocycles. The zero-order chi connectivity index (χ0) is 14.4. The predicted molar refractivity (Wildman–Crippen MR) is 81.6 cm³/mol. The Morgan fingerprint density at radius 2 is 1.60 bits per heavy atom. The van der Waals surface area contributed by atoms with E-state index in [1.54, 1.807) is 12.1 Å². The van der Waals surface area contributed by atoms with Crippen LogP contribution >= 0.6 is 0 Å². The normalized spacial score (nSPS) is 10.4. The van der Waals surface area contributed by atoms with Crippen molar-refractivity contribution < 1.29 is 10.2 Å². The number of benzene rings is 2. The van der Waals surface area contributed by atoms with Crippen LogP contribution in [0.2, 0.25) is 0 Å². The average Bonchev–Trinajstić information content (AvgIpc) is 2.47. The maximum Gasteiger partial charge on any atom is 0.115 e.